The van der Waals surface area contributed by atoms with E-state index < -0.39 is 0 Å². The first-order chi connectivity index (χ1) is 11.3. The van der Waals surface area contributed by atoms with Crippen molar-refractivity contribution in [3.05, 3.63) is 29.8 Å². The van der Waals surface area contributed by atoms with Gasteiger partial charge in [-0.3, -0.25) is 4.90 Å². The number of hydrogen-bond donors (Lipinski definition) is 2. The standard InChI is InChI=1S/C18H27N3O2/c22-18(19-16-8-12-23-13-9-16)20-17-7-3-2-6-15(17)14-21-10-4-1-5-11-21/h2-3,6-7,16H,1,4-5,8-14H2,(H2,19,20,22). The molecule has 0 saturated carbocycles. The van der Waals surface area contributed by atoms with Crippen LogP contribution in [-0.4, -0.2) is 43.3 Å². The Morgan fingerprint density at radius 1 is 1.13 bits per heavy atom. The number of nitrogens with zero attached hydrogens (tertiary/aromatic N) is 1. The predicted octanol–water partition coefficient (Wildman–Crippen LogP) is 2.97. The summed E-state index contributed by atoms with van der Waals surface area (Å²) >= 11 is 0. The number of rotatable bonds is 4. The molecule has 0 aliphatic carbocycles. The SMILES string of the molecule is O=C(Nc1ccccc1CN1CCCCC1)NC1CCOCC1. The van der Waals surface area contributed by atoms with Crippen molar-refractivity contribution in [3.63, 3.8) is 0 Å². The lowest BCUT2D eigenvalue weighted by molar-refractivity contribution is 0.0806. The fraction of sp³-hybridized carbons (Fsp3) is 0.611. The topological polar surface area (TPSA) is 53.6 Å². The van der Waals surface area contributed by atoms with Crippen LogP contribution in [0.15, 0.2) is 24.3 Å². The van der Waals surface area contributed by atoms with Crippen LogP contribution in [0.4, 0.5) is 10.5 Å². The van der Waals surface area contributed by atoms with Crippen LogP contribution in [0.2, 0.25) is 0 Å². The lowest BCUT2D eigenvalue weighted by Gasteiger charge is -2.27. The smallest absolute Gasteiger partial charge is 0.319 e. The molecule has 0 aromatic heterocycles. The van der Waals surface area contributed by atoms with Crippen molar-refractivity contribution in [2.24, 2.45) is 0 Å². The highest BCUT2D eigenvalue weighted by Gasteiger charge is 2.17. The highest BCUT2D eigenvalue weighted by Crippen LogP contribution is 2.20. The molecule has 0 bridgehead atoms. The maximum atomic E-state index is 12.2. The van der Waals surface area contributed by atoms with Crippen molar-refractivity contribution in [1.82, 2.24) is 10.2 Å². The maximum Gasteiger partial charge on any atom is 0.319 e. The Morgan fingerprint density at radius 2 is 1.87 bits per heavy atom. The highest BCUT2D eigenvalue weighted by molar-refractivity contribution is 5.90. The van der Waals surface area contributed by atoms with Crippen LogP contribution in [0.25, 0.3) is 0 Å². The van der Waals surface area contributed by atoms with Gasteiger partial charge in [-0.05, 0) is 50.4 Å². The molecule has 5 heteroatoms. The second-order valence-corrected chi connectivity index (χ2v) is 6.48. The van der Waals surface area contributed by atoms with Crippen LogP contribution in [0.3, 0.4) is 0 Å². The summed E-state index contributed by atoms with van der Waals surface area (Å²) in [5.41, 5.74) is 2.11. The summed E-state index contributed by atoms with van der Waals surface area (Å²) in [5.74, 6) is 0. The van der Waals surface area contributed by atoms with Crippen molar-refractivity contribution in [2.75, 3.05) is 31.6 Å². The molecule has 0 radical (unpaired) electrons. The molecular weight excluding hydrogens is 290 g/mol. The van der Waals surface area contributed by atoms with Gasteiger partial charge in [-0.1, -0.05) is 24.6 Å². The molecule has 23 heavy (non-hydrogen) atoms. The second-order valence-electron chi connectivity index (χ2n) is 6.48. The summed E-state index contributed by atoms with van der Waals surface area (Å²) in [6.45, 7) is 4.69. The summed E-state index contributed by atoms with van der Waals surface area (Å²) in [6, 6.07) is 8.23. The first-order valence-electron chi connectivity index (χ1n) is 8.77. The van der Waals surface area contributed by atoms with E-state index >= 15 is 0 Å². The largest absolute Gasteiger partial charge is 0.381 e. The predicted molar refractivity (Wildman–Crippen MR) is 91.6 cm³/mol. The van der Waals surface area contributed by atoms with E-state index in [1.165, 1.54) is 24.8 Å². The zero-order valence-electron chi connectivity index (χ0n) is 13.7. The van der Waals surface area contributed by atoms with E-state index in [-0.39, 0.29) is 12.1 Å². The van der Waals surface area contributed by atoms with Crippen LogP contribution in [0.1, 0.15) is 37.7 Å². The number of nitrogens with one attached hydrogen (secondary N) is 2. The Morgan fingerprint density at radius 3 is 2.65 bits per heavy atom. The molecule has 0 spiro atoms. The van der Waals surface area contributed by atoms with Crippen LogP contribution < -0.4 is 10.6 Å². The molecule has 2 heterocycles. The van der Waals surface area contributed by atoms with Gasteiger partial charge >= 0.3 is 6.03 Å². The van der Waals surface area contributed by atoms with E-state index in [2.05, 4.69) is 21.6 Å². The Labute approximate surface area is 138 Å². The molecule has 2 aliphatic rings. The van der Waals surface area contributed by atoms with Gasteiger partial charge in [-0.15, -0.1) is 0 Å². The molecule has 5 nitrogen and oxygen atoms in total. The van der Waals surface area contributed by atoms with Gasteiger partial charge in [0.1, 0.15) is 0 Å². The molecule has 1 aromatic rings. The van der Waals surface area contributed by atoms with Crippen LogP contribution in [0.5, 0.6) is 0 Å². The lowest BCUT2D eigenvalue weighted by atomic mass is 10.1. The van der Waals surface area contributed by atoms with Gasteiger partial charge in [0.15, 0.2) is 0 Å². The van der Waals surface area contributed by atoms with Gasteiger partial charge in [-0.2, -0.15) is 0 Å². The van der Waals surface area contributed by atoms with E-state index in [1.807, 2.05) is 18.2 Å². The third-order valence-electron chi connectivity index (χ3n) is 4.66. The minimum absolute atomic E-state index is 0.108. The van der Waals surface area contributed by atoms with Gasteiger partial charge in [0.05, 0.1) is 0 Å². The molecule has 126 valence electrons. The van der Waals surface area contributed by atoms with Crippen molar-refractivity contribution in [2.45, 2.75) is 44.7 Å². The molecular formula is C18H27N3O2. The van der Waals surface area contributed by atoms with E-state index in [9.17, 15) is 4.79 Å². The van der Waals surface area contributed by atoms with Crippen LogP contribution in [0, 0.1) is 0 Å². The number of ether oxygens (including phenoxy) is 1. The molecule has 2 fully saturated rings. The Hall–Kier alpha value is -1.59. The zero-order chi connectivity index (χ0) is 15.9. The molecule has 3 rings (SSSR count). The molecule has 2 amide bonds. The molecule has 2 saturated heterocycles. The van der Waals surface area contributed by atoms with Gasteiger partial charge in [0, 0.05) is 31.5 Å². The number of amides is 2. The Kier molecular flexibility index (Phi) is 5.88. The van der Waals surface area contributed by atoms with Gasteiger partial charge in [0.25, 0.3) is 0 Å². The normalized spacial score (nSPS) is 20.2. The van der Waals surface area contributed by atoms with E-state index in [0.29, 0.717) is 0 Å². The molecule has 1 aromatic carbocycles. The zero-order valence-corrected chi connectivity index (χ0v) is 13.7. The van der Waals surface area contributed by atoms with Crippen molar-refractivity contribution in [3.8, 4) is 0 Å². The monoisotopic (exact) mass is 317 g/mol. The Bertz CT molecular complexity index is 509. The van der Waals surface area contributed by atoms with Crippen LogP contribution >= 0.6 is 0 Å². The van der Waals surface area contributed by atoms with E-state index in [4.69, 9.17) is 4.74 Å². The summed E-state index contributed by atoms with van der Waals surface area (Å²) in [6.07, 6.45) is 5.68. The first kappa shape index (κ1) is 16.3. The average molecular weight is 317 g/mol. The Balaban J connectivity index is 1.57. The minimum atomic E-state index is -0.108. The fourth-order valence-corrected chi connectivity index (χ4v) is 3.32. The van der Waals surface area contributed by atoms with Gasteiger partial charge in [0.2, 0.25) is 0 Å². The summed E-state index contributed by atoms with van der Waals surface area (Å²) in [5, 5.41) is 6.08. The summed E-state index contributed by atoms with van der Waals surface area (Å²) < 4.78 is 5.33. The number of benzene rings is 1. The van der Waals surface area contributed by atoms with Crippen molar-refractivity contribution in [1.29, 1.82) is 0 Å². The number of hydrogen-bond acceptors (Lipinski definition) is 3. The summed E-state index contributed by atoms with van der Waals surface area (Å²) in [7, 11) is 0. The molecule has 0 unspecified atom stereocenters. The van der Waals surface area contributed by atoms with Crippen LogP contribution in [-0.2, 0) is 11.3 Å². The molecule has 2 aliphatic heterocycles. The summed E-state index contributed by atoms with van der Waals surface area (Å²) in [4.78, 5) is 14.7. The number of urea groups is 1. The number of anilines is 1. The highest BCUT2D eigenvalue weighted by atomic mass is 16.5. The lowest BCUT2D eigenvalue weighted by Crippen LogP contribution is -2.41. The second kappa shape index (κ2) is 8.31. The van der Waals surface area contributed by atoms with Crippen molar-refractivity contribution >= 4 is 11.7 Å². The fourth-order valence-electron chi connectivity index (χ4n) is 3.32. The third kappa shape index (κ3) is 4.94. The maximum absolute atomic E-state index is 12.2. The third-order valence-corrected chi connectivity index (χ3v) is 4.66. The number of carbonyl (C=O) groups is 1. The number of likely N-dealkylation sites (tertiary alicyclic amines) is 1. The number of piperidine rings is 1. The number of carbonyl (C=O) groups excluding carboxylic acids is 1. The number of para-hydroxylation sites is 1. The average Bonchev–Trinajstić information content (AvgIpc) is 2.58. The minimum Gasteiger partial charge on any atom is -0.381 e. The van der Waals surface area contributed by atoms with Gasteiger partial charge < -0.3 is 15.4 Å². The van der Waals surface area contributed by atoms with E-state index in [1.54, 1.807) is 0 Å². The van der Waals surface area contributed by atoms with E-state index in [0.717, 1.165) is 51.4 Å². The first-order valence-corrected chi connectivity index (χ1v) is 8.77. The molecule has 0 atom stereocenters. The van der Waals surface area contributed by atoms with Gasteiger partial charge in [-0.25, -0.2) is 4.79 Å². The molecule has 2 N–H and O–H groups in total. The quantitative estimate of drug-likeness (QED) is 0.897. The van der Waals surface area contributed by atoms with Crippen molar-refractivity contribution < 1.29 is 9.53 Å².